The van der Waals surface area contributed by atoms with Crippen LogP contribution in [0.2, 0.25) is 0 Å². The van der Waals surface area contributed by atoms with Crippen LogP contribution in [-0.4, -0.2) is 70.4 Å². The van der Waals surface area contributed by atoms with E-state index in [0.29, 0.717) is 0 Å². The van der Waals surface area contributed by atoms with Gasteiger partial charge < -0.3 is 24.7 Å². The van der Waals surface area contributed by atoms with Gasteiger partial charge in [0.15, 0.2) is 0 Å². The standard InChI is InChI=1S/C27H39FN4O8S/c1-10-37-22(34)27(8,9)41-20(30-31-23(35)40-26(5,6)7)16-12-11-15(13-17(16)28)32-14-18(38-24(32)36)19(29)21(33)39-25(2,3)4/h11-13,18-19H,10,14,29H2,1-9H3,(H,31,35)/b30-20+/t18?,19-/m0/s1. The summed E-state index contributed by atoms with van der Waals surface area (Å²) in [5.74, 6) is -2.12. The molecule has 1 aliphatic rings. The fourth-order valence-electron chi connectivity index (χ4n) is 3.37. The van der Waals surface area contributed by atoms with Gasteiger partial charge in [-0.2, -0.15) is 5.10 Å². The number of ether oxygens (including phenoxy) is 4. The quantitative estimate of drug-likeness (QED) is 0.147. The van der Waals surface area contributed by atoms with Gasteiger partial charge in [0.2, 0.25) is 0 Å². The molecule has 0 radical (unpaired) electrons. The summed E-state index contributed by atoms with van der Waals surface area (Å²) in [6.45, 7) is 14.9. The maximum Gasteiger partial charge on any atom is 0.428 e. The molecule has 1 fully saturated rings. The zero-order valence-corrected chi connectivity index (χ0v) is 25.6. The van der Waals surface area contributed by atoms with Gasteiger partial charge in [0.05, 0.1) is 18.8 Å². The highest BCUT2D eigenvalue weighted by molar-refractivity contribution is 8.16. The number of carbonyl (C=O) groups is 4. The van der Waals surface area contributed by atoms with Crippen LogP contribution >= 0.6 is 11.8 Å². The number of esters is 2. The second-order valence-corrected chi connectivity index (χ2v) is 13.2. The second-order valence-electron chi connectivity index (χ2n) is 11.6. The van der Waals surface area contributed by atoms with E-state index in [2.05, 4.69) is 10.5 Å². The van der Waals surface area contributed by atoms with E-state index in [1.165, 1.54) is 12.1 Å². The summed E-state index contributed by atoms with van der Waals surface area (Å²) in [5, 5.41) is 3.98. The van der Waals surface area contributed by atoms with Gasteiger partial charge in [-0.15, -0.1) is 0 Å². The minimum Gasteiger partial charge on any atom is -0.465 e. The lowest BCUT2D eigenvalue weighted by atomic mass is 10.1. The molecule has 1 unspecified atom stereocenters. The van der Waals surface area contributed by atoms with Crippen molar-refractivity contribution in [3.05, 3.63) is 29.6 Å². The van der Waals surface area contributed by atoms with Crippen LogP contribution in [0.5, 0.6) is 0 Å². The summed E-state index contributed by atoms with van der Waals surface area (Å²) < 4.78 is 35.2. The second kappa shape index (κ2) is 13.1. The third-order valence-electron chi connectivity index (χ3n) is 5.18. The Bertz CT molecular complexity index is 1190. The topological polar surface area (TPSA) is 159 Å². The zero-order chi connectivity index (χ0) is 31.3. The van der Waals surface area contributed by atoms with Crippen LogP contribution in [0.4, 0.5) is 19.7 Å². The number of benzene rings is 1. The average molecular weight is 599 g/mol. The van der Waals surface area contributed by atoms with Gasteiger partial charge in [-0.3, -0.25) is 14.5 Å². The first kappa shape index (κ1) is 33.8. The molecule has 228 valence electrons. The molecule has 0 saturated carbocycles. The molecule has 1 aromatic carbocycles. The summed E-state index contributed by atoms with van der Waals surface area (Å²) in [4.78, 5) is 50.8. The van der Waals surface area contributed by atoms with Crippen molar-refractivity contribution in [2.24, 2.45) is 10.8 Å². The van der Waals surface area contributed by atoms with Crippen LogP contribution in [0.1, 0.15) is 67.9 Å². The molecule has 2 rings (SSSR count). The third kappa shape index (κ3) is 9.88. The first-order valence-corrected chi connectivity index (χ1v) is 13.7. The van der Waals surface area contributed by atoms with Crippen molar-refractivity contribution >= 4 is 46.6 Å². The number of hydrazone groups is 1. The molecule has 1 heterocycles. The number of hydrogen-bond donors (Lipinski definition) is 2. The van der Waals surface area contributed by atoms with E-state index >= 15 is 4.39 Å². The molecule has 0 aromatic heterocycles. The Kier molecular flexibility index (Phi) is 10.8. The maximum absolute atomic E-state index is 15.5. The Morgan fingerprint density at radius 1 is 1.15 bits per heavy atom. The molecule has 0 spiro atoms. The van der Waals surface area contributed by atoms with Gasteiger partial charge in [0.25, 0.3) is 0 Å². The lowest BCUT2D eigenvalue weighted by Gasteiger charge is -2.24. The molecule has 2 amide bonds. The van der Waals surface area contributed by atoms with E-state index in [0.717, 1.165) is 22.7 Å². The number of cyclic esters (lactones) is 1. The van der Waals surface area contributed by atoms with Gasteiger partial charge in [-0.05, 0) is 80.5 Å². The maximum atomic E-state index is 15.5. The molecule has 0 bridgehead atoms. The Morgan fingerprint density at radius 2 is 1.76 bits per heavy atom. The van der Waals surface area contributed by atoms with Crippen molar-refractivity contribution in [1.82, 2.24) is 5.43 Å². The first-order valence-electron chi connectivity index (χ1n) is 12.9. The Labute approximate surface area is 243 Å². The highest BCUT2D eigenvalue weighted by atomic mass is 32.2. The summed E-state index contributed by atoms with van der Waals surface area (Å²) in [6.07, 6.45) is -2.72. The Morgan fingerprint density at radius 3 is 2.29 bits per heavy atom. The normalized spacial score (nSPS) is 17.0. The van der Waals surface area contributed by atoms with Gasteiger partial charge >= 0.3 is 24.1 Å². The number of nitrogens with two attached hydrogens (primary N) is 1. The van der Waals surface area contributed by atoms with E-state index in [-0.39, 0.29) is 29.4 Å². The van der Waals surface area contributed by atoms with Gasteiger partial charge in [-0.25, -0.2) is 19.4 Å². The largest absolute Gasteiger partial charge is 0.465 e. The monoisotopic (exact) mass is 598 g/mol. The number of rotatable bonds is 8. The predicted octanol–water partition coefficient (Wildman–Crippen LogP) is 4.08. The van der Waals surface area contributed by atoms with Crippen LogP contribution in [0.25, 0.3) is 0 Å². The highest BCUT2D eigenvalue weighted by Crippen LogP contribution is 2.33. The lowest BCUT2D eigenvalue weighted by molar-refractivity contribution is -0.158. The molecule has 1 aromatic rings. The smallest absolute Gasteiger partial charge is 0.428 e. The summed E-state index contributed by atoms with van der Waals surface area (Å²) in [6, 6.07) is 2.59. The van der Waals surface area contributed by atoms with E-state index in [1.807, 2.05) is 0 Å². The number of anilines is 1. The molecule has 1 saturated heterocycles. The molecule has 0 aliphatic carbocycles. The van der Waals surface area contributed by atoms with Gasteiger partial charge in [0, 0.05) is 5.56 Å². The van der Waals surface area contributed by atoms with Crippen LogP contribution < -0.4 is 16.1 Å². The average Bonchev–Trinajstić information content (AvgIpc) is 3.20. The number of amides is 2. The number of halogens is 1. The van der Waals surface area contributed by atoms with E-state index in [9.17, 15) is 19.2 Å². The number of thioether (sulfide) groups is 1. The van der Waals surface area contributed by atoms with Gasteiger partial charge in [0.1, 0.15) is 39.0 Å². The van der Waals surface area contributed by atoms with Crippen LogP contribution in [0, 0.1) is 5.82 Å². The Hall–Kier alpha value is -3.39. The SMILES string of the molecule is CCOC(=O)C(C)(C)S/C(=N/NC(=O)OC(C)(C)C)c1ccc(N2CC([C@H](N)C(=O)OC(C)(C)C)OC2=O)cc1F. The van der Waals surface area contributed by atoms with Crippen LogP contribution in [0.15, 0.2) is 23.3 Å². The van der Waals surface area contributed by atoms with E-state index < -0.39 is 58.0 Å². The summed E-state index contributed by atoms with van der Waals surface area (Å²) in [7, 11) is 0. The van der Waals surface area contributed by atoms with Crippen molar-refractivity contribution in [2.45, 2.75) is 90.4 Å². The van der Waals surface area contributed by atoms with Crippen molar-refractivity contribution in [3.8, 4) is 0 Å². The molecule has 12 nitrogen and oxygen atoms in total. The van der Waals surface area contributed by atoms with Crippen molar-refractivity contribution < 1.29 is 42.5 Å². The molecule has 3 N–H and O–H groups in total. The molecule has 2 atom stereocenters. The highest BCUT2D eigenvalue weighted by Gasteiger charge is 2.41. The minimum atomic E-state index is -1.24. The van der Waals surface area contributed by atoms with E-state index in [4.69, 9.17) is 24.7 Å². The fraction of sp³-hybridized carbons (Fsp3) is 0.593. The molecular formula is C27H39FN4O8S. The minimum absolute atomic E-state index is 0.0493. The number of nitrogens with one attached hydrogen (secondary N) is 1. The zero-order valence-electron chi connectivity index (χ0n) is 24.8. The third-order valence-corrected chi connectivity index (χ3v) is 6.36. The van der Waals surface area contributed by atoms with Crippen molar-refractivity contribution in [3.63, 3.8) is 0 Å². The van der Waals surface area contributed by atoms with Crippen molar-refractivity contribution in [2.75, 3.05) is 18.1 Å². The number of carbonyl (C=O) groups excluding carboxylic acids is 4. The first-order chi connectivity index (χ1) is 18.7. The molecule has 1 aliphatic heterocycles. The molecular weight excluding hydrogens is 559 g/mol. The Balaban J connectivity index is 2.34. The lowest BCUT2D eigenvalue weighted by Crippen LogP contribution is -2.47. The molecule has 41 heavy (non-hydrogen) atoms. The number of hydrogen-bond acceptors (Lipinski definition) is 11. The van der Waals surface area contributed by atoms with Crippen molar-refractivity contribution in [1.29, 1.82) is 0 Å². The fourth-order valence-corrected chi connectivity index (χ4v) is 4.37. The summed E-state index contributed by atoms with van der Waals surface area (Å²) >= 11 is 0.865. The predicted molar refractivity (Wildman–Crippen MR) is 152 cm³/mol. The molecule has 14 heteroatoms. The summed E-state index contributed by atoms with van der Waals surface area (Å²) in [5.41, 5.74) is 6.67. The van der Waals surface area contributed by atoms with Crippen LogP contribution in [-0.2, 0) is 28.5 Å². The van der Waals surface area contributed by atoms with E-state index in [1.54, 1.807) is 62.3 Å². The van der Waals surface area contributed by atoms with Gasteiger partial charge in [-0.1, -0.05) is 11.8 Å². The van der Waals surface area contributed by atoms with Crippen LogP contribution in [0.3, 0.4) is 0 Å². The number of nitrogens with zero attached hydrogens (tertiary/aromatic N) is 2.